The maximum absolute atomic E-state index is 12.4. The fraction of sp³-hybridized carbons (Fsp3) is 0.500. The first-order valence-electron chi connectivity index (χ1n) is 7.93. The summed E-state index contributed by atoms with van der Waals surface area (Å²) in [6, 6.07) is 6.06. The third-order valence-electron chi connectivity index (χ3n) is 4.25. The van der Waals surface area contributed by atoms with E-state index in [0.29, 0.717) is 13.1 Å². The van der Waals surface area contributed by atoms with Gasteiger partial charge in [-0.15, -0.1) is 0 Å². The highest BCUT2D eigenvalue weighted by Crippen LogP contribution is 2.35. The average Bonchev–Trinajstić information content (AvgIpc) is 2.78. The van der Waals surface area contributed by atoms with Crippen LogP contribution in [0.4, 0.5) is 4.79 Å². The molecule has 5 nitrogen and oxygen atoms in total. The van der Waals surface area contributed by atoms with Crippen molar-refractivity contribution in [2.24, 2.45) is 7.05 Å². The molecular formula is C18H24N2O3. The molecule has 0 saturated carbocycles. The first kappa shape index (κ1) is 15.7. The van der Waals surface area contributed by atoms with Crippen molar-refractivity contribution in [3.8, 4) is 5.75 Å². The molecule has 23 heavy (non-hydrogen) atoms. The quantitative estimate of drug-likeness (QED) is 0.809. The molecule has 1 aliphatic rings. The van der Waals surface area contributed by atoms with Gasteiger partial charge in [-0.3, -0.25) is 0 Å². The fourth-order valence-corrected chi connectivity index (χ4v) is 3.26. The van der Waals surface area contributed by atoms with Gasteiger partial charge in [0.2, 0.25) is 0 Å². The van der Waals surface area contributed by atoms with Gasteiger partial charge in [-0.1, -0.05) is 12.1 Å². The Kier molecular flexibility index (Phi) is 3.74. The molecule has 0 spiro atoms. The Bertz CT molecular complexity index is 756. The zero-order chi connectivity index (χ0) is 16.8. The smallest absolute Gasteiger partial charge is 0.410 e. The van der Waals surface area contributed by atoms with E-state index in [0.717, 1.165) is 23.1 Å². The number of aromatic nitrogens is 1. The number of carbonyl (C=O) groups excluding carboxylic acids is 1. The van der Waals surface area contributed by atoms with Crippen LogP contribution in [0.3, 0.4) is 0 Å². The zero-order valence-corrected chi connectivity index (χ0v) is 14.5. The Hall–Kier alpha value is -2.17. The lowest BCUT2D eigenvalue weighted by molar-refractivity contribution is 0.0223. The van der Waals surface area contributed by atoms with Gasteiger partial charge in [0.05, 0.1) is 19.2 Å². The van der Waals surface area contributed by atoms with Gasteiger partial charge in [0.15, 0.2) is 0 Å². The normalized spacial score (nSPS) is 14.7. The summed E-state index contributed by atoms with van der Waals surface area (Å²) >= 11 is 0. The summed E-state index contributed by atoms with van der Waals surface area (Å²) in [6.07, 6.45) is 0.575. The lowest BCUT2D eigenvalue weighted by Gasteiger charge is -2.30. The van der Waals surface area contributed by atoms with Crippen LogP contribution in [0.15, 0.2) is 18.2 Å². The van der Waals surface area contributed by atoms with E-state index in [1.165, 1.54) is 11.3 Å². The second-order valence-electron chi connectivity index (χ2n) is 6.99. The largest absolute Gasteiger partial charge is 0.495 e. The molecule has 0 N–H and O–H groups in total. The van der Waals surface area contributed by atoms with Crippen molar-refractivity contribution < 1.29 is 14.3 Å². The predicted octanol–water partition coefficient (Wildman–Crippen LogP) is 3.48. The number of benzene rings is 1. The topological polar surface area (TPSA) is 43.7 Å². The molecule has 0 fully saturated rings. The zero-order valence-electron chi connectivity index (χ0n) is 14.5. The summed E-state index contributed by atoms with van der Waals surface area (Å²) in [4.78, 5) is 14.1. The molecule has 1 amide bonds. The van der Waals surface area contributed by atoms with E-state index in [1.54, 1.807) is 12.0 Å². The number of methoxy groups -OCH3 is 1. The standard InChI is InChI=1S/C18H24N2O3/c1-18(2,3)23-17(21)20-10-9-14-13(11-20)12-7-6-8-15(22-5)16(12)19(14)4/h6-8H,9-11H2,1-5H3. The minimum atomic E-state index is -0.473. The fourth-order valence-electron chi connectivity index (χ4n) is 3.26. The number of para-hydroxylation sites is 1. The Balaban J connectivity index is 1.98. The molecule has 0 aliphatic carbocycles. The third kappa shape index (κ3) is 2.76. The van der Waals surface area contributed by atoms with E-state index < -0.39 is 5.60 Å². The number of nitrogens with zero attached hydrogens (tertiary/aromatic N) is 2. The van der Waals surface area contributed by atoms with Gasteiger partial charge in [-0.25, -0.2) is 4.79 Å². The lowest BCUT2D eigenvalue weighted by Crippen LogP contribution is -2.40. The van der Waals surface area contributed by atoms with Crippen molar-refractivity contribution in [1.29, 1.82) is 0 Å². The molecule has 5 heteroatoms. The van der Waals surface area contributed by atoms with Crippen LogP contribution in [0.1, 0.15) is 32.0 Å². The van der Waals surface area contributed by atoms with Gasteiger partial charge in [-0.2, -0.15) is 0 Å². The maximum atomic E-state index is 12.4. The van der Waals surface area contributed by atoms with Crippen LogP contribution in [0.5, 0.6) is 5.75 Å². The summed E-state index contributed by atoms with van der Waals surface area (Å²) in [5, 5.41) is 1.15. The van der Waals surface area contributed by atoms with E-state index in [1.807, 2.05) is 32.9 Å². The number of ether oxygens (including phenoxy) is 2. The number of amides is 1. The highest BCUT2D eigenvalue weighted by atomic mass is 16.6. The molecule has 0 bridgehead atoms. The highest BCUT2D eigenvalue weighted by Gasteiger charge is 2.29. The average molecular weight is 316 g/mol. The molecule has 0 atom stereocenters. The molecule has 1 aromatic carbocycles. The van der Waals surface area contributed by atoms with Gasteiger partial charge >= 0.3 is 6.09 Å². The van der Waals surface area contributed by atoms with Gasteiger partial charge in [0.1, 0.15) is 11.4 Å². The van der Waals surface area contributed by atoms with Crippen LogP contribution >= 0.6 is 0 Å². The summed E-state index contributed by atoms with van der Waals surface area (Å²) < 4.78 is 13.2. The second-order valence-corrected chi connectivity index (χ2v) is 6.99. The SMILES string of the molecule is COc1cccc2c3c(n(C)c12)CCN(C(=O)OC(C)(C)C)C3. The van der Waals surface area contributed by atoms with Crippen molar-refractivity contribution >= 4 is 17.0 Å². The predicted molar refractivity (Wildman–Crippen MR) is 89.8 cm³/mol. The van der Waals surface area contributed by atoms with E-state index in [4.69, 9.17) is 9.47 Å². The summed E-state index contributed by atoms with van der Waals surface area (Å²) in [5.41, 5.74) is 3.08. The van der Waals surface area contributed by atoms with Gasteiger partial charge in [0, 0.05) is 36.7 Å². The van der Waals surface area contributed by atoms with Crippen LogP contribution in [-0.4, -0.2) is 34.8 Å². The first-order valence-corrected chi connectivity index (χ1v) is 7.93. The molecular weight excluding hydrogens is 292 g/mol. The van der Waals surface area contributed by atoms with E-state index >= 15 is 0 Å². The molecule has 2 aromatic rings. The minimum absolute atomic E-state index is 0.247. The first-order chi connectivity index (χ1) is 10.8. The minimum Gasteiger partial charge on any atom is -0.495 e. The van der Waals surface area contributed by atoms with Gasteiger partial charge < -0.3 is 18.9 Å². The Labute approximate surface area is 136 Å². The van der Waals surface area contributed by atoms with E-state index in [2.05, 4.69) is 17.7 Å². The molecule has 1 aromatic heterocycles. The summed E-state index contributed by atoms with van der Waals surface area (Å²) in [7, 11) is 3.75. The highest BCUT2D eigenvalue weighted by molar-refractivity contribution is 5.91. The summed E-state index contributed by atoms with van der Waals surface area (Å²) in [6.45, 7) is 6.93. The number of rotatable bonds is 1. The number of hydrogen-bond donors (Lipinski definition) is 0. The molecule has 2 heterocycles. The van der Waals surface area contributed by atoms with Crippen molar-refractivity contribution in [1.82, 2.24) is 9.47 Å². The van der Waals surface area contributed by atoms with Crippen LogP contribution < -0.4 is 4.74 Å². The number of carbonyl (C=O) groups is 1. The summed E-state index contributed by atoms with van der Waals surface area (Å²) in [5.74, 6) is 0.864. The van der Waals surface area contributed by atoms with Gasteiger partial charge in [-0.05, 0) is 26.8 Å². The van der Waals surface area contributed by atoms with Crippen molar-refractivity contribution in [3.05, 3.63) is 29.5 Å². The number of aryl methyl sites for hydroxylation is 1. The molecule has 124 valence electrons. The molecule has 0 unspecified atom stereocenters. The second kappa shape index (κ2) is 5.48. The number of fused-ring (bicyclic) bond motifs is 3. The third-order valence-corrected chi connectivity index (χ3v) is 4.25. The Morgan fingerprint density at radius 1 is 1.26 bits per heavy atom. The van der Waals surface area contributed by atoms with Crippen molar-refractivity contribution in [2.45, 2.75) is 39.3 Å². The van der Waals surface area contributed by atoms with Gasteiger partial charge in [0.25, 0.3) is 0 Å². The number of hydrogen-bond acceptors (Lipinski definition) is 3. The van der Waals surface area contributed by atoms with Crippen LogP contribution in [0, 0.1) is 0 Å². The maximum Gasteiger partial charge on any atom is 0.410 e. The van der Waals surface area contributed by atoms with Crippen LogP contribution in [0.25, 0.3) is 10.9 Å². The molecule has 0 saturated heterocycles. The Morgan fingerprint density at radius 2 is 2.00 bits per heavy atom. The molecule has 3 rings (SSSR count). The van der Waals surface area contributed by atoms with Crippen LogP contribution in [-0.2, 0) is 24.8 Å². The monoisotopic (exact) mass is 316 g/mol. The van der Waals surface area contributed by atoms with Crippen molar-refractivity contribution in [2.75, 3.05) is 13.7 Å². The van der Waals surface area contributed by atoms with Crippen molar-refractivity contribution in [3.63, 3.8) is 0 Å². The van der Waals surface area contributed by atoms with E-state index in [-0.39, 0.29) is 6.09 Å². The van der Waals surface area contributed by atoms with E-state index in [9.17, 15) is 4.79 Å². The molecule has 0 radical (unpaired) electrons. The molecule has 1 aliphatic heterocycles. The lowest BCUT2D eigenvalue weighted by atomic mass is 10.0. The van der Waals surface area contributed by atoms with Crippen LogP contribution in [0.2, 0.25) is 0 Å². The Morgan fingerprint density at radius 3 is 2.65 bits per heavy atom.